The Labute approximate surface area is 208 Å². The summed E-state index contributed by atoms with van der Waals surface area (Å²) >= 11 is 1.33. The number of ether oxygens (including phenoxy) is 1. The molecule has 9 heteroatoms. The summed E-state index contributed by atoms with van der Waals surface area (Å²) in [7, 11) is 1.61. The van der Waals surface area contributed by atoms with Crippen molar-refractivity contribution in [1.29, 1.82) is 0 Å². The lowest BCUT2D eigenvalue weighted by atomic mass is 9.88. The first-order chi connectivity index (χ1) is 16.7. The summed E-state index contributed by atoms with van der Waals surface area (Å²) in [5.74, 6) is 0.375. The van der Waals surface area contributed by atoms with E-state index in [0.29, 0.717) is 33.8 Å². The van der Waals surface area contributed by atoms with Crippen molar-refractivity contribution in [3.05, 3.63) is 64.8 Å². The molecule has 0 aliphatic rings. The van der Waals surface area contributed by atoms with Gasteiger partial charge in [-0.2, -0.15) is 0 Å². The molecule has 0 saturated heterocycles. The SMILES string of the molecule is COc1cccc(CNC(=O)c2ccc(-c3cnc4[nH]cc(C(=O)N[C@@H](C)C(C)(C)C)c4n3)s2)c1. The van der Waals surface area contributed by atoms with Crippen molar-refractivity contribution in [2.24, 2.45) is 5.41 Å². The Morgan fingerprint density at radius 3 is 2.71 bits per heavy atom. The average molecular weight is 492 g/mol. The number of hydrogen-bond donors (Lipinski definition) is 3. The highest BCUT2D eigenvalue weighted by atomic mass is 32.1. The lowest BCUT2D eigenvalue weighted by molar-refractivity contribution is 0.0910. The number of rotatable bonds is 7. The number of thiophene rings is 1. The number of benzene rings is 1. The molecule has 4 aromatic rings. The first kappa shape index (κ1) is 24.4. The number of aromatic amines is 1. The number of amides is 2. The molecule has 4 rings (SSSR count). The van der Waals surface area contributed by atoms with Gasteiger partial charge in [-0.15, -0.1) is 11.3 Å². The summed E-state index contributed by atoms with van der Waals surface area (Å²) in [6, 6.07) is 11.2. The summed E-state index contributed by atoms with van der Waals surface area (Å²) < 4.78 is 5.23. The lowest BCUT2D eigenvalue weighted by Crippen LogP contribution is -2.41. The predicted molar refractivity (Wildman–Crippen MR) is 138 cm³/mol. The van der Waals surface area contributed by atoms with E-state index in [0.717, 1.165) is 16.2 Å². The summed E-state index contributed by atoms with van der Waals surface area (Å²) in [5, 5.41) is 5.98. The van der Waals surface area contributed by atoms with Gasteiger partial charge in [-0.3, -0.25) is 9.59 Å². The van der Waals surface area contributed by atoms with Gasteiger partial charge in [-0.05, 0) is 42.2 Å². The molecule has 0 aliphatic heterocycles. The Morgan fingerprint density at radius 1 is 1.17 bits per heavy atom. The Hall–Kier alpha value is -3.72. The molecule has 1 atom stereocenters. The molecule has 8 nitrogen and oxygen atoms in total. The summed E-state index contributed by atoms with van der Waals surface area (Å²) in [4.78, 5) is 39.1. The van der Waals surface area contributed by atoms with Gasteiger partial charge >= 0.3 is 0 Å². The number of nitrogens with one attached hydrogen (secondary N) is 3. The zero-order valence-electron chi connectivity index (χ0n) is 20.4. The summed E-state index contributed by atoms with van der Waals surface area (Å²) in [6.07, 6.45) is 3.27. The van der Waals surface area contributed by atoms with Crippen LogP contribution in [-0.2, 0) is 6.54 Å². The van der Waals surface area contributed by atoms with Crippen LogP contribution < -0.4 is 15.4 Å². The Morgan fingerprint density at radius 2 is 1.97 bits per heavy atom. The minimum atomic E-state index is -0.200. The van der Waals surface area contributed by atoms with Crippen molar-refractivity contribution < 1.29 is 14.3 Å². The van der Waals surface area contributed by atoms with E-state index in [2.05, 4.69) is 41.4 Å². The molecule has 0 spiro atoms. The third-order valence-corrected chi connectivity index (χ3v) is 7.05. The fraction of sp³-hybridized carbons (Fsp3) is 0.308. The maximum Gasteiger partial charge on any atom is 0.261 e. The minimum absolute atomic E-state index is 0.0218. The molecular weight excluding hydrogens is 462 g/mol. The summed E-state index contributed by atoms with van der Waals surface area (Å²) in [6.45, 7) is 8.60. The van der Waals surface area contributed by atoms with Gasteiger partial charge < -0.3 is 20.4 Å². The van der Waals surface area contributed by atoms with E-state index < -0.39 is 0 Å². The normalized spacial score (nSPS) is 12.4. The van der Waals surface area contributed by atoms with Crippen LogP contribution >= 0.6 is 11.3 Å². The molecule has 0 aliphatic carbocycles. The third-order valence-electron chi connectivity index (χ3n) is 5.94. The van der Waals surface area contributed by atoms with Crippen LogP contribution in [-0.4, -0.2) is 39.9 Å². The second kappa shape index (κ2) is 9.87. The number of hydrogen-bond acceptors (Lipinski definition) is 6. The average Bonchev–Trinajstić information content (AvgIpc) is 3.49. The van der Waals surface area contributed by atoms with E-state index in [4.69, 9.17) is 9.72 Å². The number of H-pyrrole nitrogens is 1. The van der Waals surface area contributed by atoms with Gasteiger partial charge in [-0.1, -0.05) is 32.9 Å². The van der Waals surface area contributed by atoms with Crippen molar-refractivity contribution in [3.63, 3.8) is 0 Å². The van der Waals surface area contributed by atoms with E-state index in [1.54, 1.807) is 25.6 Å². The molecule has 0 radical (unpaired) electrons. The highest BCUT2D eigenvalue weighted by Gasteiger charge is 2.24. The smallest absolute Gasteiger partial charge is 0.261 e. The molecule has 0 bridgehead atoms. The quantitative estimate of drug-likeness (QED) is 0.344. The van der Waals surface area contributed by atoms with Crippen LogP contribution in [0.25, 0.3) is 21.7 Å². The van der Waals surface area contributed by atoms with E-state index in [1.165, 1.54) is 11.3 Å². The number of carbonyl (C=O) groups excluding carboxylic acids is 2. The molecule has 2 amide bonds. The van der Waals surface area contributed by atoms with Gasteiger partial charge in [0, 0.05) is 18.8 Å². The molecule has 0 saturated carbocycles. The van der Waals surface area contributed by atoms with Crippen LogP contribution in [0, 0.1) is 5.41 Å². The van der Waals surface area contributed by atoms with Crippen LogP contribution in [0.15, 0.2) is 48.8 Å². The number of fused-ring (bicyclic) bond motifs is 1. The van der Waals surface area contributed by atoms with Gasteiger partial charge in [0.2, 0.25) is 0 Å². The highest BCUT2D eigenvalue weighted by Crippen LogP contribution is 2.28. The lowest BCUT2D eigenvalue weighted by Gasteiger charge is -2.27. The van der Waals surface area contributed by atoms with E-state index in [9.17, 15) is 9.59 Å². The zero-order chi connectivity index (χ0) is 25.2. The number of nitrogens with zero attached hydrogens (tertiary/aromatic N) is 2. The van der Waals surface area contributed by atoms with Gasteiger partial charge in [0.15, 0.2) is 5.65 Å². The van der Waals surface area contributed by atoms with Gasteiger partial charge in [0.05, 0.1) is 34.3 Å². The molecular formula is C26H29N5O3S. The Balaban J connectivity index is 1.50. The predicted octanol–water partition coefficient (Wildman–Crippen LogP) is 4.79. The van der Waals surface area contributed by atoms with Crippen LogP contribution in [0.2, 0.25) is 0 Å². The van der Waals surface area contributed by atoms with Crippen molar-refractivity contribution in [1.82, 2.24) is 25.6 Å². The van der Waals surface area contributed by atoms with Crippen molar-refractivity contribution in [2.75, 3.05) is 7.11 Å². The van der Waals surface area contributed by atoms with E-state index >= 15 is 0 Å². The fourth-order valence-electron chi connectivity index (χ4n) is 3.32. The third kappa shape index (κ3) is 5.51. The van der Waals surface area contributed by atoms with Crippen molar-refractivity contribution in [2.45, 2.75) is 40.3 Å². The van der Waals surface area contributed by atoms with Gasteiger partial charge in [0.25, 0.3) is 11.8 Å². The van der Waals surface area contributed by atoms with Crippen LogP contribution in [0.1, 0.15) is 53.3 Å². The second-order valence-corrected chi connectivity index (χ2v) is 10.5. The fourth-order valence-corrected chi connectivity index (χ4v) is 4.20. The number of carbonyl (C=O) groups is 2. The van der Waals surface area contributed by atoms with Gasteiger partial charge in [-0.25, -0.2) is 9.97 Å². The molecule has 1 aromatic carbocycles. The first-order valence-electron chi connectivity index (χ1n) is 11.3. The monoisotopic (exact) mass is 491 g/mol. The first-order valence-corrected chi connectivity index (χ1v) is 12.1. The second-order valence-electron chi connectivity index (χ2n) is 9.41. The van der Waals surface area contributed by atoms with E-state index in [-0.39, 0.29) is 23.3 Å². The Bertz CT molecular complexity index is 1370. The minimum Gasteiger partial charge on any atom is -0.497 e. The number of aromatic nitrogens is 3. The molecule has 0 unspecified atom stereocenters. The van der Waals surface area contributed by atoms with Crippen molar-refractivity contribution >= 4 is 34.3 Å². The van der Waals surface area contributed by atoms with Crippen LogP contribution in [0.5, 0.6) is 5.75 Å². The molecule has 0 fully saturated rings. The molecule has 3 heterocycles. The number of methoxy groups -OCH3 is 1. The molecule has 35 heavy (non-hydrogen) atoms. The maximum absolute atomic E-state index is 12.9. The largest absolute Gasteiger partial charge is 0.497 e. The molecule has 3 N–H and O–H groups in total. The van der Waals surface area contributed by atoms with Crippen molar-refractivity contribution in [3.8, 4) is 16.3 Å². The highest BCUT2D eigenvalue weighted by molar-refractivity contribution is 7.17. The molecule has 3 aromatic heterocycles. The Kier molecular flexibility index (Phi) is 6.88. The standard InChI is InChI=1S/C26H29N5O3S/c1-15(26(2,3)4)30-24(32)18-13-27-23-22(18)31-19(14-28-23)20-9-10-21(35-20)25(33)29-12-16-7-6-8-17(11-16)34-5/h6-11,13-15H,12H2,1-5H3,(H,27,28)(H,29,33)(H,30,32)/t15-/m0/s1. The van der Waals surface area contributed by atoms with Gasteiger partial charge in [0.1, 0.15) is 11.3 Å². The maximum atomic E-state index is 12.9. The van der Waals surface area contributed by atoms with E-state index in [1.807, 2.05) is 37.3 Å². The molecule has 182 valence electrons. The summed E-state index contributed by atoms with van der Waals surface area (Å²) in [5.41, 5.74) is 2.96. The zero-order valence-corrected chi connectivity index (χ0v) is 21.2. The van der Waals surface area contributed by atoms with Crippen LogP contribution in [0.3, 0.4) is 0 Å². The van der Waals surface area contributed by atoms with Crippen LogP contribution in [0.4, 0.5) is 0 Å². The topological polar surface area (TPSA) is 109 Å².